The van der Waals surface area contributed by atoms with Gasteiger partial charge in [0.2, 0.25) is 0 Å². The van der Waals surface area contributed by atoms with Crippen molar-refractivity contribution in [2.45, 2.75) is 24.9 Å². The van der Waals surface area contributed by atoms with Gasteiger partial charge in [-0.2, -0.15) is 4.91 Å². The molecule has 0 spiro atoms. The van der Waals surface area contributed by atoms with Crippen LogP contribution in [0, 0.1) is 4.91 Å². The van der Waals surface area contributed by atoms with E-state index in [1.807, 2.05) is 0 Å². The number of hydrogen-bond donors (Lipinski definition) is 1. The number of carbonyl (C=O) groups is 1. The van der Waals surface area contributed by atoms with Gasteiger partial charge in [-0.05, 0) is 12.8 Å². The fourth-order valence-electron chi connectivity index (χ4n) is 2.01. The van der Waals surface area contributed by atoms with E-state index in [2.05, 4.69) is 5.18 Å². The molecule has 6 heteroatoms. The van der Waals surface area contributed by atoms with Crippen LogP contribution >= 0.6 is 0 Å². The van der Waals surface area contributed by atoms with Crippen LogP contribution in [0.25, 0.3) is 0 Å². The van der Waals surface area contributed by atoms with E-state index in [0.29, 0.717) is 6.54 Å². The number of rotatable bonds is 2. The highest BCUT2D eigenvalue weighted by molar-refractivity contribution is 5.76. The number of nitrogens with zero attached hydrogens (tertiary/aromatic N) is 3. The first kappa shape index (κ1) is 8.43. The SMILES string of the molecule is O=NC[C@@H]1CC[C@@H]2CN1C(=O)N2O. The molecule has 2 rings (SSSR count). The summed E-state index contributed by atoms with van der Waals surface area (Å²) in [7, 11) is 0. The van der Waals surface area contributed by atoms with Gasteiger partial charge in [0, 0.05) is 6.54 Å². The third kappa shape index (κ3) is 1.17. The van der Waals surface area contributed by atoms with Gasteiger partial charge >= 0.3 is 6.03 Å². The van der Waals surface area contributed by atoms with E-state index in [1.54, 1.807) is 0 Å². The summed E-state index contributed by atoms with van der Waals surface area (Å²) in [6.07, 6.45) is 1.50. The van der Waals surface area contributed by atoms with E-state index in [9.17, 15) is 14.9 Å². The van der Waals surface area contributed by atoms with Crippen LogP contribution in [-0.4, -0.2) is 46.4 Å². The van der Waals surface area contributed by atoms with E-state index >= 15 is 0 Å². The average Bonchev–Trinajstić information content (AvgIpc) is 2.37. The van der Waals surface area contributed by atoms with Gasteiger partial charge in [0.25, 0.3) is 0 Å². The van der Waals surface area contributed by atoms with E-state index in [-0.39, 0.29) is 18.6 Å². The molecule has 0 aromatic rings. The molecule has 2 bridgehead atoms. The summed E-state index contributed by atoms with van der Waals surface area (Å²) in [6, 6.07) is -0.593. The van der Waals surface area contributed by atoms with Crippen LogP contribution in [0.5, 0.6) is 0 Å². The monoisotopic (exact) mass is 185 g/mol. The second-order valence-corrected chi connectivity index (χ2v) is 3.48. The summed E-state index contributed by atoms with van der Waals surface area (Å²) in [6.45, 7) is 0.655. The molecule has 2 fully saturated rings. The molecule has 0 saturated carbocycles. The van der Waals surface area contributed by atoms with Gasteiger partial charge in [-0.15, -0.1) is 0 Å². The lowest BCUT2D eigenvalue weighted by atomic mass is 10.0. The van der Waals surface area contributed by atoms with E-state index < -0.39 is 6.03 Å². The van der Waals surface area contributed by atoms with Crippen LogP contribution in [0.2, 0.25) is 0 Å². The first-order valence-electron chi connectivity index (χ1n) is 4.32. The maximum absolute atomic E-state index is 11.3. The number of carbonyl (C=O) groups excluding carboxylic acids is 1. The van der Waals surface area contributed by atoms with Gasteiger partial charge < -0.3 is 4.90 Å². The largest absolute Gasteiger partial charge is 0.344 e. The lowest BCUT2D eigenvalue weighted by Gasteiger charge is -2.28. The van der Waals surface area contributed by atoms with Crippen LogP contribution < -0.4 is 0 Å². The molecule has 0 aromatic carbocycles. The maximum Gasteiger partial charge on any atom is 0.344 e. The van der Waals surface area contributed by atoms with Crippen molar-refractivity contribution in [2.24, 2.45) is 5.18 Å². The second kappa shape index (κ2) is 2.95. The second-order valence-electron chi connectivity index (χ2n) is 3.48. The Morgan fingerprint density at radius 1 is 1.54 bits per heavy atom. The smallest absolute Gasteiger partial charge is 0.316 e. The van der Waals surface area contributed by atoms with Gasteiger partial charge in [0.05, 0.1) is 12.1 Å². The van der Waals surface area contributed by atoms with Crippen molar-refractivity contribution in [3.63, 3.8) is 0 Å². The Morgan fingerprint density at radius 3 is 3.00 bits per heavy atom. The van der Waals surface area contributed by atoms with Crippen LogP contribution in [0.15, 0.2) is 5.18 Å². The standard InChI is InChI=1S/C7H11N3O3/c11-7-9-4-6(10(7)13)2-1-5(9)3-8-12/h5-6,13H,1-4H2/t5-,6+/m0/s1. The van der Waals surface area contributed by atoms with Gasteiger partial charge in [0.15, 0.2) is 0 Å². The first-order valence-corrected chi connectivity index (χ1v) is 4.32. The fraction of sp³-hybridized carbons (Fsp3) is 0.857. The molecule has 2 atom stereocenters. The van der Waals surface area contributed by atoms with Gasteiger partial charge in [0.1, 0.15) is 6.54 Å². The fourth-order valence-corrected chi connectivity index (χ4v) is 2.01. The number of hydroxylamine groups is 2. The zero-order valence-electron chi connectivity index (χ0n) is 7.09. The number of hydrogen-bond acceptors (Lipinski definition) is 4. The predicted octanol–water partition coefficient (Wildman–Crippen LogP) is 0.411. The minimum atomic E-state index is -0.392. The number of amides is 2. The molecular weight excluding hydrogens is 174 g/mol. The summed E-state index contributed by atoms with van der Waals surface area (Å²) in [5, 5.41) is 12.8. The summed E-state index contributed by atoms with van der Waals surface area (Å²) >= 11 is 0. The van der Waals surface area contributed by atoms with Crippen molar-refractivity contribution in [3.8, 4) is 0 Å². The Balaban J connectivity index is 2.12. The molecule has 0 radical (unpaired) electrons. The number of urea groups is 1. The lowest BCUT2D eigenvalue weighted by molar-refractivity contribution is -0.0583. The molecule has 2 heterocycles. The van der Waals surface area contributed by atoms with E-state index in [1.165, 1.54) is 4.90 Å². The Morgan fingerprint density at radius 2 is 2.31 bits per heavy atom. The van der Waals surface area contributed by atoms with Crippen LogP contribution in [0.1, 0.15) is 12.8 Å². The number of fused-ring (bicyclic) bond motifs is 2. The van der Waals surface area contributed by atoms with Gasteiger partial charge in [-0.3, -0.25) is 5.21 Å². The molecule has 1 N–H and O–H groups in total. The van der Waals surface area contributed by atoms with Crippen molar-refractivity contribution in [1.29, 1.82) is 0 Å². The summed E-state index contributed by atoms with van der Waals surface area (Å²) in [4.78, 5) is 22.9. The van der Waals surface area contributed by atoms with Crippen molar-refractivity contribution in [1.82, 2.24) is 9.96 Å². The molecule has 2 aliphatic heterocycles. The average molecular weight is 185 g/mol. The predicted molar refractivity (Wildman–Crippen MR) is 43.2 cm³/mol. The Hall–Kier alpha value is -1.17. The minimum Gasteiger partial charge on any atom is -0.316 e. The van der Waals surface area contributed by atoms with Crippen LogP contribution in [0.4, 0.5) is 4.79 Å². The molecule has 72 valence electrons. The molecule has 13 heavy (non-hydrogen) atoms. The highest BCUT2D eigenvalue weighted by Gasteiger charge is 2.44. The Labute approximate surface area is 75.0 Å². The summed E-state index contributed by atoms with van der Waals surface area (Å²) < 4.78 is 0. The molecule has 0 aromatic heterocycles. The van der Waals surface area contributed by atoms with Crippen molar-refractivity contribution >= 4 is 6.03 Å². The minimum absolute atomic E-state index is 0.0876. The van der Waals surface area contributed by atoms with Crippen molar-refractivity contribution < 1.29 is 10.0 Å². The molecule has 0 unspecified atom stereocenters. The molecular formula is C7H11N3O3. The van der Waals surface area contributed by atoms with Gasteiger partial charge in [-0.1, -0.05) is 5.18 Å². The lowest BCUT2D eigenvalue weighted by Crippen LogP contribution is -2.41. The number of nitroso groups, excluding NO2 is 1. The zero-order chi connectivity index (χ0) is 9.42. The van der Waals surface area contributed by atoms with Crippen LogP contribution in [-0.2, 0) is 0 Å². The summed E-state index contributed by atoms with van der Waals surface area (Å²) in [5.74, 6) is 0. The van der Waals surface area contributed by atoms with E-state index in [4.69, 9.17) is 0 Å². The molecule has 2 aliphatic rings. The van der Waals surface area contributed by atoms with Crippen molar-refractivity contribution in [3.05, 3.63) is 4.91 Å². The first-order chi connectivity index (χ1) is 6.24. The number of piperidine rings is 1. The topological polar surface area (TPSA) is 73.2 Å². The third-order valence-corrected chi connectivity index (χ3v) is 2.75. The molecule has 2 saturated heterocycles. The highest BCUT2D eigenvalue weighted by atomic mass is 16.5. The zero-order valence-corrected chi connectivity index (χ0v) is 7.09. The third-order valence-electron chi connectivity index (χ3n) is 2.75. The van der Waals surface area contributed by atoms with Crippen molar-refractivity contribution in [2.75, 3.05) is 13.1 Å². The highest BCUT2D eigenvalue weighted by Crippen LogP contribution is 2.28. The Kier molecular flexibility index (Phi) is 1.91. The quantitative estimate of drug-likeness (QED) is 0.500. The normalized spacial score (nSPS) is 32.5. The Bertz CT molecular complexity index is 245. The molecule has 2 amide bonds. The van der Waals surface area contributed by atoms with Gasteiger partial charge in [-0.25, -0.2) is 9.86 Å². The maximum atomic E-state index is 11.3. The summed E-state index contributed by atoms with van der Waals surface area (Å²) in [5.41, 5.74) is 0. The van der Waals surface area contributed by atoms with E-state index in [0.717, 1.165) is 17.9 Å². The molecule has 6 nitrogen and oxygen atoms in total. The van der Waals surface area contributed by atoms with Crippen LogP contribution in [0.3, 0.4) is 0 Å². The molecule has 0 aliphatic carbocycles.